The molecule has 5 nitrogen and oxygen atoms in total. The number of hydrogen-bond donors (Lipinski definition) is 1. The summed E-state index contributed by atoms with van der Waals surface area (Å²) >= 11 is 12.3. The number of carbonyl (C=O) groups is 1. The summed E-state index contributed by atoms with van der Waals surface area (Å²) in [4.78, 5) is 14.9. The van der Waals surface area contributed by atoms with Crippen molar-refractivity contribution in [2.24, 2.45) is 0 Å². The Hall–Kier alpha value is -3.15. The lowest BCUT2D eigenvalue weighted by Gasteiger charge is -2.49. The summed E-state index contributed by atoms with van der Waals surface area (Å²) in [6.07, 6.45) is 4.61. The second-order valence-electron chi connectivity index (χ2n) is 9.63. The molecule has 0 aromatic heterocycles. The minimum Gasteiger partial charge on any atom is -0.493 e. The molecule has 0 spiro atoms. The van der Waals surface area contributed by atoms with E-state index < -0.39 is 5.66 Å². The van der Waals surface area contributed by atoms with Gasteiger partial charge in [0.1, 0.15) is 12.3 Å². The minimum absolute atomic E-state index is 0.0546. The van der Waals surface area contributed by atoms with Crippen LogP contribution < -0.4 is 19.7 Å². The third-order valence-corrected chi connectivity index (χ3v) is 7.83. The fraction of sp³-hybridized carbons (Fsp3) is 0.276. The Balaban J connectivity index is 1.43. The molecular formula is C29H28Cl2N2O3. The fourth-order valence-corrected chi connectivity index (χ4v) is 5.70. The van der Waals surface area contributed by atoms with Crippen molar-refractivity contribution in [3.05, 3.63) is 93.5 Å². The first kappa shape index (κ1) is 24.5. The molecule has 2 heterocycles. The number of halogens is 2. The van der Waals surface area contributed by atoms with Gasteiger partial charge in [-0.1, -0.05) is 73.5 Å². The highest BCUT2D eigenvalue weighted by molar-refractivity contribution is 6.35. The quantitative estimate of drug-likeness (QED) is 0.395. The van der Waals surface area contributed by atoms with Crippen LogP contribution in [-0.4, -0.2) is 25.2 Å². The van der Waals surface area contributed by atoms with E-state index in [4.69, 9.17) is 32.7 Å². The van der Waals surface area contributed by atoms with Gasteiger partial charge in [0, 0.05) is 39.7 Å². The molecule has 1 amide bonds. The van der Waals surface area contributed by atoms with Crippen LogP contribution in [0.2, 0.25) is 10.0 Å². The third-order valence-electron chi connectivity index (χ3n) is 7.24. The lowest BCUT2D eigenvalue weighted by atomic mass is 9.74. The van der Waals surface area contributed by atoms with Crippen molar-refractivity contribution in [1.29, 1.82) is 0 Å². The van der Waals surface area contributed by atoms with E-state index in [9.17, 15) is 4.79 Å². The van der Waals surface area contributed by atoms with Crippen LogP contribution in [0, 0.1) is 0 Å². The zero-order chi connectivity index (χ0) is 25.5. The van der Waals surface area contributed by atoms with Gasteiger partial charge in [0.2, 0.25) is 5.91 Å². The zero-order valence-electron chi connectivity index (χ0n) is 20.5. The van der Waals surface area contributed by atoms with E-state index in [1.807, 2.05) is 36.4 Å². The van der Waals surface area contributed by atoms with Crippen LogP contribution in [0.25, 0.3) is 6.08 Å². The highest BCUT2D eigenvalue weighted by atomic mass is 35.5. The molecule has 2 aliphatic rings. The molecule has 0 saturated carbocycles. The van der Waals surface area contributed by atoms with Gasteiger partial charge in [0.25, 0.3) is 0 Å². The summed E-state index contributed by atoms with van der Waals surface area (Å²) in [5.41, 5.74) is 3.15. The van der Waals surface area contributed by atoms with E-state index in [1.54, 1.807) is 19.2 Å². The zero-order valence-corrected chi connectivity index (χ0v) is 22.0. The Morgan fingerprint density at radius 3 is 2.64 bits per heavy atom. The second-order valence-corrected chi connectivity index (χ2v) is 10.5. The van der Waals surface area contributed by atoms with Gasteiger partial charge in [-0.2, -0.15) is 0 Å². The van der Waals surface area contributed by atoms with Crippen LogP contribution in [0.15, 0.2) is 66.7 Å². The lowest BCUT2D eigenvalue weighted by molar-refractivity contribution is -0.124. The number of anilines is 1. The molecule has 1 saturated heterocycles. The number of amides is 1. The largest absolute Gasteiger partial charge is 0.493 e. The molecule has 186 valence electrons. The molecule has 7 heteroatoms. The van der Waals surface area contributed by atoms with E-state index in [-0.39, 0.29) is 17.9 Å². The first-order valence-corrected chi connectivity index (χ1v) is 12.6. The van der Waals surface area contributed by atoms with E-state index in [2.05, 4.69) is 48.3 Å². The van der Waals surface area contributed by atoms with Gasteiger partial charge < -0.3 is 19.7 Å². The predicted octanol–water partition coefficient (Wildman–Crippen LogP) is 6.61. The monoisotopic (exact) mass is 522 g/mol. The maximum Gasteiger partial charge on any atom is 0.223 e. The average molecular weight is 523 g/mol. The minimum atomic E-state index is -0.667. The Morgan fingerprint density at radius 2 is 1.86 bits per heavy atom. The number of nitrogens with one attached hydrogen (secondary N) is 1. The number of ether oxygens (including phenoxy) is 2. The Morgan fingerprint density at radius 1 is 1.06 bits per heavy atom. The molecule has 0 unspecified atom stereocenters. The van der Waals surface area contributed by atoms with E-state index >= 15 is 0 Å². The van der Waals surface area contributed by atoms with Gasteiger partial charge in [-0.15, -0.1) is 0 Å². The number of methoxy groups -OCH3 is 1. The SMILES string of the molecule is COc1cc(/C=C/[C@]23NC(=O)CCN2c2ccccc2C3(C)C)ccc1OCc1ccc(Cl)cc1Cl. The van der Waals surface area contributed by atoms with Gasteiger partial charge in [-0.05, 0) is 47.5 Å². The number of nitrogens with zero attached hydrogens (tertiary/aromatic N) is 1. The van der Waals surface area contributed by atoms with Crippen molar-refractivity contribution in [2.75, 3.05) is 18.6 Å². The lowest BCUT2D eigenvalue weighted by Crippen LogP contribution is -2.68. The van der Waals surface area contributed by atoms with E-state index in [1.165, 1.54) is 5.56 Å². The van der Waals surface area contributed by atoms with Crippen molar-refractivity contribution in [1.82, 2.24) is 5.32 Å². The van der Waals surface area contributed by atoms with Crippen molar-refractivity contribution in [2.45, 2.75) is 38.0 Å². The molecule has 36 heavy (non-hydrogen) atoms. The maximum atomic E-state index is 12.6. The Bertz CT molecular complexity index is 1350. The topological polar surface area (TPSA) is 50.8 Å². The molecule has 1 fully saturated rings. The average Bonchev–Trinajstić information content (AvgIpc) is 3.06. The van der Waals surface area contributed by atoms with E-state index in [0.717, 1.165) is 16.8 Å². The molecular weight excluding hydrogens is 495 g/mol. The van der Waals surface area contributed by atoms with Crippen molar-refractivity contribution in [3.63, 3.8) is 0 Å². The third kappa shape index (κ3) is 4.10. The molecule has 2 aliphatic heterocycles. The first-order chi connectivity index (χ1) is 17.2. The van der Waals surface area contributed by atoms with Crippen LogP contribution in [0.1, 0.15) is 37.0 Å². The number of fused-ring (bicyclic) bond motifs is 3. The standard InChI is InChI=1S/C29H28Cl2N2O3/c1-28(2)22-6-4-5-7-24(22)33-15-13-27(34)32-29(28,33)14-12-19-8-11-25(26(16-19)35-3)36-18-20-9-10-21(30)17-23(20)31/h4-12,14,16-17H,13,15,18H2,1-3H3,(H,32,34)/b14-12+/t29-/m0/s1. The van der Waals surface area contributed by atoms with Crippen LogP contribution in [-0.2, 0) is 16.8 Å². The highest BCUT2D eigenvalue weighted by Gasteiger charge is 2.57. The summed E-state index contributed by atoms with van der Waals surface area (Å²) in [7, 11) is 1.61. The number of carbonyl (C=O) groups excluding carboxylic acids is 1. The van der Waals surface area contributed by atoms with Gasteiger partial charge in [-0.25, -0.2) is 0 Å². The van der Waals surface area contributed by atoms with Gasteiger partial charge >= 0.3 is 0 Å². The fourth-order valence-electron chi connectivity index (χ4n) is 5.24. The highest BCUT2D eigenvalue weighted by Crippen LogP contribution is 2.52. The summed E-state index contributed by atoms with van der Waals surface area (Å²) in [6.45, 7) is 5.32. The number of rotatable bonds is 6. The molecule has 1 atom stereocenters. The summed E-state index contributed by atoms with van der Waals surface area (Å²) in [5, 5.41) is 4.45. The van der Waals surface area contributed by atoms with Gasteiger partial charge in [0.05, 0.1) is 7.11 Å². The molecule has 3 aromatic rings. The summed E-state index contributed by atoms with van der Waals surface area (Å²) in [5.74, 6) is 1.28. The summed E-state index contributed by atoms with van der Waals surface area (Å²) in [6, 6.07) is 19.5. The van der Waals surface area contributed by atoms with Crippen LogP contribution >= 0.6 is 23.2 Å². The van der Waals surface area contributed by atoms with Gasteiger partial charge in [0.15, 0.2) is 11.5 Å². The number of benzene rings is 3. The van der Waals surface area contributed by atoms with E-state index in [0.29, 0.717) is 34.5 Å². The van der Waals surface area contributed by atoms with Crippen molar-refractivity contribution < 1.29 is 14.3 Å². The second kappa shape index (κ2) is 9.38. The molecule has 5 rings (SSSR count). The van der Waals surface area contributed by atoms with Gasteiger partial charge in [-0.3, -0.25) is 4.79 Å². The normalized spacial score (nSPS) is 20.1. The Kier molecular flexibility index (Phi) is 6.39. The molecule has 1 N–H and O–H groups in total. The molecule has 0 bridgehead atoms. The van der Waals surface area contributed by atoms with Crippen molar-refractivity contribution in [3.8, 4) is 11.5 Å². The van der Waals surface area contributed by atoms with Crippen LogP contribution in [0.3, 0.4) is 0 Å². The van der Waals surface area contributed by atoms with Crippen LogP contribution in [0.4, 0.5) is 5.69 Å². The molecule has 0 aliphatic carbocycles. The number of hydrogen-bond acceptors (Lipinski definition) is 4. The Labute approximate surface area is 221 Å². The first-order valence-electron chi connectivity index (χ1n) is 11.9. The van der Waals surface area contributed by atoms with Crippen LogP contribution in [0.5, 0.6) is 11.5 Å². The molecule has 0 radical (unpaired) electrons. The number of para-hydroxylation sites is 1. The summed E-state index contributed by atoms with van der Waals surface area (Å²) < 4.78 is 11.6. The predicted molar refractivity (Wildman–Crippen MR) is 145 cm³/mol. The maximum absolute atomic E-state index is 12.6. The van der Waals surface area contributed by atoms with Crippen molar-refractivity contribution >= 4 is 40.9 Å². The molecule has 3 aromatic carbocycles. The smallest absolute Gasteiger partial charge is 0.223 e.